The Morgan fingerprint density at radius 2 is 2.15 bits per heavy atom. The molecule has 0 aliphatic rings. The molecule has 1 aromatic carbocycles. The van der Waals surface area contributed by atoms with Crippen molar-refractivity contribution < 1.29 is 0 Å². The van der Waals surface area contributed by atoms with Gasteiger partial charge in [-0.25, -0.2) is 4.98 Å². The number of nitrogens with one attached hydrogen (secondary N) is 1. The van der Waals surface area contributed by atoms with E-state index in [-0.39, 0.29) is 0 Å². The number of aromatic nitrogens is 3. The normalized spacial score (nSPS) is 10.8. The summed E-state index contributed by atoms with van der Waals surface area (Å²) in [6, 6.07) is 7.73. The highest BCUT2D eigenvalue weighted by molar-refractivity contribution is 6.31. The van der Waals surface area contributed by atoms with Crippen molar-refractivity contribution in [1.29, 1.82) is 0 Å². The zero-order chi connectivity index (χ0) is 13.8. The number of imidazole rings is 1. The van der Waals surface area contributed by atoms with Gasteiger partial charge in [-0.3, -0.25) is 4.98 Å². The molecule has 3 rings (SSSR count). The summed E-state index contributed by atoms with van der Waals surface area (Å²) in [5, 5.41) is 5.23. The third-order valence-electron chi connectivity index (χ3n) is 3.17. The summed E-state index contributed by atoms with van der Waals surface area (Å²) in [5.74, 6) is 0. The van der Waals surface area contributed by atoms with Crippen LogP contribution in [-0.4, -0.2) is 21.1 Å². The molecule has 0 saturated heterocycles. The molecule has 0 bridgehead atoms. The lowest BCUT2D eigenvalue weighted by molar-refractivity contribution is 0.661. The van der Waals surface area contributed by atoms with Crippen molar-refractivity contribution in [1.82, 2.24) is 14.5 Å². The minimum absolute atomic E-state index is 0.729. The maximum Gasteiger partial charge on any atom is 0.0945 e. The molecule has 1 N–H and O–H groups in total. The molecule has 5 heteroatoms. The van der Waals surface area contributed by atoms with Gasteiger partial charge in [-0.15, -0.1) is 0 Å². The van der Waals surface area contributed by atoms with Gasteiger partial charge >= 0.3 is 0 Å². The Kier molecular flexibility index (Phi) is 3.83. The van der Waals surface area contributed by atoms with E-state index in [4.69, 9.17) is 11.6 Å². The predicted molar refractivity (Wildman–Crippen MR) is 82.1 cm³/mol. The fraction of sp³-hybridized carbons (Fsp3) is 0.200. The van der Waals surface area contributed by atoms with Gasteiger partial charge < -0.3 is 9.88 Å². The van der Waals surface area contributed by atoms with Gasteiger partial charge in [-0.2, -0.15) is 0 Å². The molecule has 3 aromatic rings. The van der Waals surface area contributed by atoms with Gasteiger partial charge in [-0.1, -0.05) is 11.6 Å². The summed E-state index contributed by atoms with van der Waals surface area (Å²) < 4.78 is 2.07. The van der Waals surface area contributed by atoms with E-state index in [2.05, 4.69) is 19.9 Å². The zero-order valence-electron chi connectivity index (χ0n) is 11.0. The molecule has 102 valence electrons. The largest absolute Gasteiger partial charge is 0.384 e. The number of pyridine rings is 1. The fourth-order valence-electron chi connectivity index (χ4n) is 2.18. The minimum atomic E-state index is 0.729. The molecule has 0 radical (unpaired) electrons. The van der Waals surface area contributed by atoms with Gasteiger partial charge in [0.15, 0.2) is 0 Å². The van der Waals surface area contributed by atoms with Crippen molar-refractivity contribution in [2.24, 2.45) is 0 Å². The second-order valence-corrected chi connectivity index (χ2v) is 5.04. The predicted octanol–water partition coefficient (Wildman–Crippen LogP) is 3.59. The van der Waals surface area contributed by atoms with E-state index < -0.39 is 0 Å². The Labute approximate surface area is 122 Å². The van der Waals surface area contributed by atoms with Crippen molar-refractivity contribution in [2.75, 3.05) is 11.9 Å². The van der Waals surface area contributed by atoms with E-state index in [0.29, 0.717) is 0 Å². The first kappa shape index (κ1) is 12.9. The van der Waals surface area contributed by atoms with E-state index in [9.17, 15) is 0 Å². The quantitative estimate of drug-likeness (QED) is 0.729. The van der Waals surface area contributed by atoms with Crippen LogP contribution in [0.5, 0.6) is 0 Å². The number of rotatable bonds is 5. The maximum absolute atomic E-state index is 6.05. The van der Waals surface area contributed by atoms with Crippen LogP contribution in [0.25, 0.3) is 10.9 Å². The van der Waals surface area contributed by atoms with Crippen molar-refractivity contribution >= 4 is 28.2 Å². The number of hydrogen-bond donors (Lipinski definition) is 1. The van der Waals surface area contributed by atoms with E-state index in [0.717, 1.165) is 41.1 Å². The Hall–Kier alpha value is -2.07. The third-order valence-corrected chi connectivity index (χ3v) is 3.41. The smallest absolute Gasteiger partial charge is 0.0945 e. The number of halogens is 1. The molecule has 4 nitrogen and oxygen atoms in total. The Morgan fingerprint density at radius 3 is 3.00 bits per heavy atom. The number of aryl methyl sites for hydroxylation is 1. The standard InChI is InChI=1S/C15H15ClN4/c16-12-2-3-14-13(10-12)15(4-6-19-14)18-5-1-8-20-9-7-17-11-20/h2-4,6-7,9-11H,1,5,8H2,(H,18,19). The molecule has 0 amide bonds. The number of fused-ring (bicyclic) bond motifs is 1. The van der Waals surface area contributed by atoms with E-state index >= 15 is 0 Å². The molecular weight excluding hydrogens is 272 g/mol. The van der Waals surface area contributed by atoms with Crippen LogP contribution in [0.1, 0.15) is 6.42 Å². The SMILES string of the molecule is Clc1ccc2nccc(NCCCn3ccnc3)c2c1. The molecular formula is C15H15ClN4. The lowest BCUT2D eigenvalue weighted by Gasteiger charge is -2.09. The minimum Gasteiger partial charge on any atom is -0.384 e. The summed E-state index contributed by atoms with van der Waals surface area (Å²) >= 11 is 6.05. The average Bonchev–Trinajstić information content (AvgIpc) is 2.97. The number of anilines is 1. The Balaban J connectivity index is 1.66. The van der Waals surface area contributed by atoms with Crippen molar-refractivity contribution in [3.8, 4) is 0 Å². The molecule has 0 atom stereocenters. The number of hydrogen-bond acceptors (Lipinski definition) is 3. The summed E-state index contributed by atoms with van der Waals surface area (Å²) in [7, 11) is 0. The van der Waals surface area contributed by atoms with Gasteiger partial charge in [0.05, 0.1) is 11.8 Å². The van der Waals surface area contributed by atoms with Crippen molar-refractivity contribution in [3.05, 3.63) is 54.2 Å². The van der Waals surface area contributed by atoms with Gasteiger partial charge in [0.1, 0.15) is 0 Å². The molecule has 0 spiro atoms. The first-order valence-electron chi connectivity index (χ1n) is 6.57. The zero-order valence-corrected chi connectivity index (χ0v) is 11.7. The summed E-state index contributed by atoms with van der Waals surface area (Å²) in [6.45, 7) is 1.85. The van der Waals surface area contributed by atoms with E-state index in [1.165, 1.54) is 0 Å². The van der Waals surface area contributed by atoms with Gasteiger partial charge in [0.2, 0.25) is 0 Å². The summed E-state index contributed by atoms with van der Waals surface area (Å²) in [6.07, 6.45) is 8.45. The highest BCUT2D eigenvalue weighted by Crippen LogP contribution is 2.24. The van der Waals surface area contributed by atoms with Crippen LogP contribution in [0.15, 0.2) is 49.2 Å². The summed E-state index contributed by atoms with van der Waals surface area (Å²) in [5.41, 5.74) is 2.03. The topological polar surface area (TPSA) is 42.7 Å². The van der Waals surface area contributed by atoms with Crippen LogP contribution in [-0.2, 0) is 6.54 Å². The molecule has 2 heterocycles. The van der Waals surface area contributed by atoms with Gasteiger partial charge in [0, 0.05) is 47.8 Å². The lowest BCUT2D eigenvalue weighted by Crippen LogP contribution is -2.06. The van der Waals surface area contributed by atoms with Crippen LogP contribution < -0.4 is 5.32 Å². The van der Waals surface area contributed by atoms with Crippen LogP contribution in [0.4, 0.5) is 5.69 Å². The fourth-order valence-corrected chi connectivity index (χ4v) is 2.35. The first-order chi connectivity index (χ1) is 9.83. The molecule has 20 heavy (non-hydrogen) atoms. The van der Waals surface area contributed by atoms with E-state index in [1.807, 2.05) is 43.0 Å². The van der Waals surface area contributed by atoms with Crippen molar-refractivity contribution in [2.45, 2.75) is 13.0 Å². The first-order valence-corrected chi connectivity index (χ1v) is 6.94. The monoisotopic (exact) mass is 286 g/mol. The Morgan fingerprint density at radius 1 is 1.20 bits per heavy atom. The van der Waals surface area contributed by atoms with Gasteiger partial charge in [-0.05, 0) is 30.7 Å². The molecule has 0 aliphatic heterocycles. The lowest BCUT2D eigenvalue weighted by atomic mass is 10.2. The van der Waals surface area contributed by atoms with Crippen LogP contribution >= 0.6 is 11.6 Å². The van der Waals surface area contributed by atoms with Crippen molar-refractivity contribution in [3.63, 3.8) is 0 Å². The third kappa shape index (κ3) is 2.91. The van der Waals surface area contributed by atoms with Crippen LogP contribution in [0.3, 0.4) is 0 Å². The Bertz CT molecular complexity index is 694. The van der Waals surface area contributed by atoms with Crippen LogP contribution in [0, 0.1) is 0 Å². The van der Waals surface area contributed by atoms with Gasteiger partial charge in [0.25, 0.3) is 0 Å². The second-order valence-electron chi connectivity index (χ2n) is 4.60. The molecule has 0 aliphatic carbocycles. The van der Waals surface area contributed by atoms with Crippen LogP contribution in [0.2, 0.25) is 5.02 Å². The molecule has 0 saturated carbocycles. The highest BCUT2D eigenvalue weighted by Gasteiger charge is 2.02. The molecule has 0 unspecified atom stereocenters. The van der Waals surface area contributed by atoms with E-state index in [1.54, 1.807) is 6.20 Å². The average molecular weight is 287 g/mol. The second kappa shape index (κ2) is 5.92. The number of benzene rings is 1. The number of nitrogens with zero attached hydrogens (tertiary/aromatic N) is 3. The molecule has 2 aromatic heterocycles. The molecule has 0 fully saturated rings. The maximum atomic E-state index is 6.05. The highest BCUT2D eigenvalue weighted by atomic mass is 35.5. The summed E-state index contributed by atoms with van der Waals surface area (Å²) in [4.78, 5) is 8.37.